The largest absolute Gasteiger partial charge is 0.381 e. The number of ether oxygens (including phenoxy) is 1. The molecule has 1 unspecified atom stereocenters. The molecule has 1 fully saturated rings. The molecule has 1 aromatic heterocycles. The molecule has 1 aliphatic heterocycles. The lowest BCUT2D eigenvalue weighted by Crippen LogP contribution is -2.15. The monoisotopic (exact) mass is 194 g/mol. The predicted octanol–water partition coefficient (Wildman–Crippen LogP) is 0.657. The van der Waals surface area contributed by atoms with Crippen LogP contribution in [0.15, 0.2) is 10.9 Å². The summed E-state index contributed by atoms with van der Waals surface area (Å²) in [5, 5.41) is 0. The van der Waals surface area contributed by atoms with Crippen LogP contribution in [-0.2, 0) is 11.2 Å². The molecular formula is C10H14N2O2. The van der Waals surface area contributed by atoms with Crippen molar-refractivity contribution in [2.45, 2.75) is 19.8 Å². The third kappa shape index (κ3) is 2.20. The molecule has 0 bridgehead atoms. The first-order chi connectivity index (χ1) is 6.74. The summed E-state index contributed by atoms with van der Waals surface area (Å²) in [5.41, 5.74) is 0.717. The zero-order valence-electron chi connectivity index (χ0n) is 8.25. The van der Waals surface area contributed by atoms with Crippen molar-refractivity contribution >= 4 is 0 Å². The summed E-state index contributed by atoms with van der Waals surface area (Å²) in [6.45, 7) is 3.46. The van der Waals surface area contributed by atoms with Crippen molar-refractivity contribution in [3.63, 3.8) is 0 Å². The van der Waals surface area contributed by atoms with E-state index in [1.807, 2.05) is 6.92 Å². The van der Waals surface area contributed by atoms with Crippen LogP contribution in [0.4, 0.5) is 0 Å². The van der Waals surface area contributed by atoms with Gasteiger partial charge in [0.05, 0.1) is 0 Å². The van der Waals surface area contributed by atoms with E-state index in [-0.39, 0.29) is 5.56 Å². The fourth-order valence-corrected chi connectivity index (χ4v) is 1.76. The van der Waals surface area contributed by atoms with Gasteiger partial charge in [0.15, 0.2) is 0 Å². The maximum Gasteiger partial charge on any atom is 0.251 e. The first kappa shape index (κ1) is 9.40. The number of aryl methyl sites for hydroxylation is 1. The van der Waals surface area contributed by atoms with Crippen LogP contribution >= 0.6 is 0 Å². The highest BCUT2D eigenvalue weighted by atomic mass is 16.5. The lowest BCUT2D eigenvalue weighted by atomic mass is 10.0. The fraction of sp³-hybridized carbons (Fsp3) is 0.600. The van der Waals surface area contributed by atoms with E-state index in [1.54, 1.807) is 0 Å². The number of aromatic amines is 1. The van der Waals surface area contributed by atoms with Gasteiger partial charge in [0.1, 0.15) is 5.82 Å². The Morgan fingerprint density at radius 2 is 2.57 bits per heavy atom. The highest BCUT2D eigenvalue weighted by Crippen LogP contribution is 2.15. The molecule has 0 radical (unpaired) electrons. The van der Waals surface area contributed by atoms with Crippen LogP contribution in [0.1, 0.15) is 17.9 Å². The van der Waals surface area contributed by atoms with Gasteiger partial charge in [-0.1, -0.05) is 0 Å². The van der Waals surface area contributed by atoms with Gasteiger partial charge < -0.3 is 9.72 Å². The van der Waals surface area contributed by atoms with Gasteiger partial charge >= 0.3 is 0 Å². The molecule has 1 N–H and O–H groups in total. The molecule has 1 saturated heterocycles. The highest BCUT2D eigenvalue weighted by Gasteiger charge is 2.17. The first-order valence-electron chi connectivity index (χ1n) is 4.88. The molecular weight excluding hydrogens is 180 g/mol. The van der Waals surface area contributed by atoms with Crippen molar-refractivity contribution < 1.29 is 4.74 Å². The van der Waals surface area contributed by atoms with Crippen LogP contribution in [0.25, 0.3) is 0 Å². The van der Waals surface area contributed by atoms with Crippen LogP contribution < -0.4 is 5.56 Å². The third-order valence-electron chi connectivity index (χ3n) is 2.42. The van der Waals surface area contributed by atoms with Gasteiger partial charge in [-0.25, -0.2) is 4.98 Å². The van der Waals surface area contributed by atoms with Crippen LogP contribution in [-0.4, -0.2) is 23.2 Å². The van der Waals surface area contributed by atoms with E-state index in [9.17, 15) is 4.79 Å². The normalized spacial score (nSPS) is 21.4. The quantitative estimate of drug-likeness (QED) is 0.752. The highest BCUT2D eigenvalue weighted by molar-refractivity contribution is 5.01. The summed E-state index contributed by atoms with van der Waals surface area (Å²) in [6, 6.07) is 1.51. The van der Waals surface area contributed by atoms with Gasteiger partial charge in [-0.15, -0.1) is 0 Å². The van der Waals surface area contributed by atoms with Crippen LogP contribution in [0.5, 0.6) is 0 Å². The van der Waals surface area contributed by atoms with Gasteiger partial charge in [0.2, 0.25) is 0 Å². The Morgan fingerprint density at radius 3 is 3.21 bits per heavy atom. The molecule has 0 aromatic carbocycles. The molecule has 1 aromatic rings. The molecule has 1 aliphatic rings. The maximum atomic E-state index is 11.2. The van der Waals surface area contributed by atoms with Crippen LogP contribution in [0.2, 0.25) is 0 Å². The van der Waals surface area contributed by atoms with Crippen molar-refractivity contribution in [1.29, 1.82) is 0 Å². The summed E-state index contributed by atoms with van der Waals surface area (Å²) in [7, 11) is 0. The molecule has 0 aliphatic carbocycles. The van der Waals surface area contributed by atoms with Gasteiger partial charge in [-0.3, -0.25) is 4.79 Å². The van der Waals surface area contributed by atoms with Gasteiger partial charge in [-0.05, 0) is 19.3 Å². The first-order valence-corrected chi connectivity index (χ1v) is 4.88. The number of rotatable bonds is 2. The summed E-state index contributed by atoms with van der Waals surface area (Å²) in [5.74, 6) is 1.30. The Balaban J connectivity index is 2.11. The zero-order valence-corrected chi connectivity index (χ0v) is 8.25. The minimum absolute atomic E-state index is 0.0635. The van der Waals surface area contributed by atoms with Crippen molar-refractivity contribution in [2.75, 3.05) is 13.2 Å². The Morgan fingerprint density at radius 1 is 1.71 bits per heavy atom. The van der Waals surface area contributed by atoms with E-state index in [2.05, 4.69) is 9.97 Å². The van der Waals surface area contributed by atoms with E-state index in [1.165, 1.54) is 6.07 Å². The second-order valence-electron chi connectivity index (χ2n) is 3.77. The standard InChI is InChI=1S/C10H14N2O2/c1-7-4-10(13)12-9(11-7)5-8-2-3-14-6-8/h4,8H,2-3,5-6H2,1H3,(H,11,12,13). The molecule has 14 heavy (non-hydrogen) atoms. The minimum atomic E-state index is -0.0635. The maximum absolute atomic E-state index is 11.2. The second kappa shape index (κ2) is 3.92. The topological polar surface area (TPSA) is 55.0 Å². The minimum Gasteiger partial charge on any atom is -0.381 e. The lowest BCUT2D eigenvalue weighted by molar-refractivity contribution is 0.185. The summed E-state index contributed by atoms with van der Waals surface area (Å²) < 4.78 is 5.27. The Kier molecular flexibility index (Phi) is 2.63. The zero-order chi connectivity index (χ0) is 9.97. The third-order valence-corrected chi connectivity index (χ3v) is 2.42. The number of hydrogen-bond donors (Lipinski definition) is 1. The van der Waals surface area contributed by atoms with Crippen LogP contribution in [0, 0.1) is 12.8 Å². The number of nitrogens with zero attached hydrogens (tertiary/aromatic N) is 1. The van der Waals surface area contributed by atoms with Crippen molar-refractivity contribution in [3.8, 4) is 0 Å². The lowest BCUT2D eigenvalue weighted by Gasteiger charge is -2.06. The van der Waals surface area contributed by atoms with Gasteiger partial charge in [-0.2, -0.15) is 0 Å². The summed E-state index contributed by atoms with van der Waals surface area (Å²) in [6.07, 6.45) is 1.88. The van der Waals surface area contributed by atoms with E-state index in [4.69, 9.17) is 4.74 Å². The predicted molar refractivity (Wildman–Crippen MR) is 52.2 cm³/mol. The summed E-state index contributed by atoms with van der Waals surface area (Å²) >= 11 is 0. The van der Waals surface area contributed by atoms with E-state index in [0.717, 1.165) is 37.6 Å². The average Bonchev–Trinajstić information content (AvgIpc) is 2.54. The average molecular weight is 194 g/mol. The second-order valence-corrected chi connectivity index (χ2v) is 3.77. The Hall–Kier alpha value is -1.16. The number of H-pyrrole nitrogens is 1. The molecule has 2 rings (SSSR count). The number of nitrogens with one attached hydrogen (secondary N) is 1. The van der Waals surface area contributed by atoms with E-state index >= 15 is 0 Å². The molecule has 0 saturated carbocycles. The number of hydrogen-bond acceptors (Lipinski definition) is 3. The van der Waals surface area contributed by atoms with Crippen molar-refractivity contribution in [2.24, 2.45) is 5.92 Å². The van der Waals surface area contributed by atoms with E-state index in [0.29, 0.717) is 5.92 Å². The molecule has 4 nitrogen and oxygen atoms in total. The SMILES string of the molecule is Cc1cc(=O)[nH]c(CC2CCOC2)n1. The van der Waals surface area contributed by atoms with Crippen LogP contribution in [0.3, 0.4) is 0 Å². The summed E-state index contributed by atoms with van der Waals surface area (Å²) in [4.78, 5) is 18.2. The fourth-order valence-electron chi connectivity index (χ4n) is 1.76. The molecule has 4 heteroatoms. The Bertz CT molecular complexity index is 367. The van der Waals surface area contributed by atoms with Crippen molar-refractivity contribution in [3.05, 3.63) is 27.9 Å². The molecule has 1 atom stereocenters. The molecule has 0 amide bonds. The number of aromatic nitrogens is 2. The smallest absolute Gasteiger partial charge is 0.251 e. The molecule has 76 valence electrons. The van der Waals surface area contributed by atoms with Gasteiger partial charge in [0.25, 0.3) is 5.56 Å². The van der Waals surface area contributed by atoms with E-state index < -0.39 is 0 Å². The molecule has 2 heterocycles. The van der Waals surface area contributed by atoms with Crippen molar-refractivity contribution in [1.82, 2.24) is 9.97 Å². The van der Waals surface area contributed by atoms with Gasteiger partial charge in [0, 0.05) is 31.4 Å². The Labute approximate surface area is 82.3 Å². The molecule has 0 spiro atoms.